The highest BCUT2D eigenvalue weighted by Gasteiger charge is 2.05. The van der Waals surface area contributed by atoms with Crippen LogP contribution in [0.15, 0.2) is 35.1 Å². The lowest BCUT2D eigenvalue weighted by atomic mass is 10.1. The van der Waals surface area contributed by atoms with E-state index in [-0.39, 0.29) is 10.6 Å². The summed E-state index contributed by atoms with van der Waals surface area (Å²) in [5.74, 6) is 0. The monoisotopic (exact) mass is 221 g/mol. The Morgan fingerprint density at radius 1 is 1.33 bits per heavy atom. The third-order valence-corrected chi connectivity index (χ3v) is 2.12. The summed E-state index contributed by atoms with van der Waals surface area (Å²) >= 11 is 5.59. The zero-order chi connectivity index (χ0) is 10.8. The van der Waals surface area contributed by atoms with Crippen molar-refractivity contribution < 1.29 is 0 Å². The fraction of sp³-hybridized carbons (Fsp3) is 0. The Morgan fingerprint density at radius 2 is 2.13 bits per heavy atom. The fourth-order valence-electron chi connectivity index (χ4n) is 1.27. The molecule has 15 heavy (non-hydrogen) atoms. The molecule has 2 rings (SSSR count). The largest absolute Gasteiger partial charge is 0.399 e. The lowest BCUT2D eigenvalue weighted by molar-refractivity contribution is 1.03. The average molecular weight is 222 g/mol. The van der Waals surface area contributed by atoms with Crippen molar-refractivity contribution in [1.29, 1.82) is 0 Å². The third kappa shape index (κ3) is 1.99. The Hall–Kier alpha value is -1.81. The predicted octanol–water partition coefficient (Wildman–Crippen LogP) is 1.67. The van der Waals surface area contributed by atoms with Crippen LogP contribution in [0, 0.1) is 0 Å². The number of benzene rings is 1. The van der Waals surface area contributed by atoms with Crippen LogP contribution in [0.4, 0.5) is 5.69 Å². The summed E-state index contributed by atoms with van der Waals surface area (Å²) in [7, 11) is 0. The highest BCUT2D eigenvalue weighted by molar-refractivity contribution is 6.29. The second-order valence-corrected chi connectivity index (χ2v) is 3.46. The number of hydrogen-bond acceptors (Lipinski definition) is 3. The van der Waals surface area contributed by atoms with Gasteiger partial charge < -0.3 is 5.73 Å². The number of halogens is 1. The number of aromatic amines is 1. The Labute approximate surface area is 90.7 Å². The number of nitrogen functional groups attached to an aromatic ring is 1. The molecular formula is C10H8ClN3O. The van der Waals surface area contributed by atoms with Crippen molar-refractivity contribution in [2.75, 3.05) is 5.73 Å². The van der Waals surface area contributed by atoms with E-state index >= 15 is 0 Å². The lowest BCUT2D eigenvalue weighted by Crippen LogP contribution is -2.07. The molecule has 76 valence electrons. The average Bonchev–Trinajstić information content (AvgIpc) is 2.17. The van der Waals surface area contributed by atoms with Crippen molar-refractivity contribution in [3.05, 3.63) is 45.7 Å². The number of nitrogens with two attached hydrogens (primary N) is 1. The van der Waals surface area contributed by atoms with Crippen LogP contribution in [0.5, 0.6) is 0 Å². The van der Waals surface area contributed by atoms with Gasteiger partial charge in [-0.05, 0) is 12.1 Å². The molecule has 0 saturated carbocycles. The van der Waals surface area contributed by atoms with Crippen LogP contribution in [-0.4, -0.2) is 10.2 Å². The van der Waals surface area contributed by atoms with E-state index in [1.807, 2.05) is 0 Å². The molecule has 0 aliphatic carbocycles. The maximum absolute atomic E-state index is 11.5. The van der Waals surface area contributed by atoms with Crippen molar-refractivity contribution in [2.45, 2.75) is 0 Å². The summed E-state index contributed by atoms with van der Waals surface area (Å²) in [6.45, 7) is 0. The first kappa shape index (κ1) is 9.73. The van der Waals surface area contributed by atoms with Gasteiger partial charge in [-0.15, -0.1) is 0 Å². The standard InChI is InChI=1S/C10H8ClN3O/c11-9-5-8(15)10(14-13-9)6-2-1-3-7(12)4-6/h1-5H,12H2,(H,13,15). The van der Waals surface area contributed by atoms with Crippen LogP contribution >= 0.6 is 11.6 Å². The second kappa shape index (κ2) is 3.74. The van der Waals surface area contributed by atoms with E-state index in [0.717, 1.165) is 0 Å². The maximum Gasteiger partial charge on any atom is 0.209 e. The van der Waals surface area contributed by atoms with Gasteiger partial charge in [0.2, 0.25) is 5.43 Å². The minimum absolute atomic E-state index is 0.215. The van der Waals surface area contributed by atoms with Gasteiger partial charge in [-0.1, -0.05) is 23.7 Å². The van der Waals surface area contributed by atoms with Crippen LogP contribution in [0.2, 0.25) is 5.15 Å². The fourth-order valence-corrected chi connectivity index (χ4v) is 1.41. The van der Waals surface area contributed by atoms with E-state index in [9.17, 15) is 4.79 Å². The van der Waals surface area contributed by atoms with Crippen LogP contribution < -0.4 is 11.2 Å². The van der Waals surface area contributed by atoms with Gasteiger partial charge in [0.05, 0.1) is 0 Å². The highest BCUT2D eigenvalue weighted by atomic mass is 35.5. The number of aromatic nitrogens is 2. The Morgan fingerprint density at radius 3 is 2.80 bits per heavy atom. The molecule has 0 bridgehead atoms. The minimum atomic E-state index is -0.232. The summed E-state index contributed by atoms with van der Waals surface area (Å²) in [6, 6.07) is 8.24. The molecule has 2 aromatic rings. The number of anilines is 1. The van der Waals surface area contributed by atoms with E-state index in [1.165, 1.54) is 6.07 Å². The number of nitrogens with zero attached hydrogens (tertiary/aromatic N) is 1. The summed E-state index contributed by atoms with van der Waals surface area (Å²) in [5.41, 5.74) is 6.95. The van der Waals surface area contributed by atoms with Crippen LogP contribution in [0.1, 0.15) is 0 Å². The van der Waals surface area contributed by atoms with Gasteiger partial charge in [-0.3, -0.25) is 9.89 Å². The number of H-pyrrole nitrogens is 1. The topological polar surface area (TPSA) is 71.8 Å². The van der Waals surface area contributed by atoms with E-state index < -0.39 is 0 Å². The van der Waals surface area contributed by atoms with Crippen LogP contribution in [0.3, 0.4) is 0 Å². The van der Waals surface area contributed by atoms with Gasteiger partial charge in [0, 0.05) is 17.3 Å². The van der Waals surface area contributed by atoms with Gasteiger partial charge in [0.1, 0.15) is 10.8 Å². The van der Waals surface area contributed by atoms with Gasteiger partial charge in [-0.25, -0.2) is 0 Å². The molecule has 5 heteroatoms. The van der Waals surface area contributed by atoms with Crippen LogP contribution in [0.25, 0.3) is 11.3 Å². The molecule has 0 radical (unpaired) electrons. The first-order chi connectivity index (χ1) is 7.16. The second-order valence-electron chi connectivity index (χ2n) is 3.05. The molecule has 3 N–H and O–H groups in total. The SMILES string of the molecule is Nc1cccc(-c2n[nH]c(Cl)cc2=O)c1. The van der Waals surface area contributed by atoms with Crippen molar-refractivity contribution in [3.8, 4) is 11.3 Å². The molecule has 1 aromatic heterocycles. The molecule has 0 atom stereocenters. The number of nitrogens with one attached hydrogen (secondary N) is 1. The third-order valence-electron chi connectivity index (χ3n) is 1.93. The van der Waals surface area contributed by atoms with Gasteiger partial charge in [-0.2, -0.15) is 5.10 Å². The molecule has 0 unspecified atom stereocenters. The zero-order valence-corrected chi connectivity index (χ0v) is 8.45. The maximum atomic E-state index is 11.5. The van der Waals surface area contributed by atoms with Gasteiger partial charge >= 0.3 is 0 Å². The van der Waals surface area contributed by atoms with E-state index in [2.05, 4.69) is 10.2 Å². The van der Waals surface area contributed by atoms with Crippen LogP contribution in [-0.2, 0) is 0 Å². The Bertz CT molecular complexity index is 550. The minimum Gasteiger partial charge on any atom is -0.399 e. The normalized spacial score (nSPS) is 10.2. The van der Waals surface area contributed by atoms with Crippen molar-refractivity contribution >= 4 is 17.3 Å². The summed E-state index contributed by atoms with van der Waals surface area (Å²) in [6.07, 6.45) is 0. The first-order valence-corrected chi connectivity index (χ1v) is 4.66. The van der Waals surface area contributed by atoms with E-state index in [0.29, 0.717) is 16.9 Å². The zero-order valence-electron chi connectivity index (χ0n) is 7.70. The molecule has 4 nitrogen and oxygen atoms in total. The lowest BCUT2D eigenvalue weighted by Gasteiger charge is -2.00. The molecule has 0 fully saturated rings. The summed E-state index contributed by atoms with van der Waals surface area (Å²) in [5, 5.41) is 6.61. The molecular weight excluding hydrogens is 214 g/mol. The smallest absolute Gasteiger partial charge is 0.209 e. The van der Waals surface area contributed by atoms with E-state index in [4.69, 9.17) is 17.3 Å². The van der Waals surface area contributed by atoms with Crippen molar-refractivity contribution in [1.82, 2.24) is 10.2 Å². The molecule has 0 aliphatic heterocycles. The molecule has 1 heterocycles. The molecule has 0 amide bonds. The van der Waals surface area contributed by atoms with Gasteiger partial charge in [0.25, 0.3) is 0 Å². The quantitative estimate of drug-likeness (QED) is 0.720. The summed E-state index contributed by atoms with van der Waals surface area (Å²) in [4.78, 5) is 11.5. The molecule has 0 spiro atoms. The number of rotatable bonds is 1. The summed E-state index contributed by atoms with van der Waals surface area (Å²) < 4.78 is 0. The van der Waals surface area contributed by atoms with Crippen molar-refractivity contribution in [3.63, 3.8) is 0 Å². The molecule has 0 saturated heterocycles. The Balaban J connectivity index is 2.59. The molecule has 1 aromatic carbocycles. The Kier molecular flexibility index (Phi) is 2.43. The van der Waals surface area contributed by atoms with Crippen molar-refractivity contribution in [2.24, 2.45) is 0 Å². The van der Waals surface area contributed by atoms with E-state index in [1.54, 1.807) is 24.3 Å². The number of hydrogen-bond donors (Lipinski definition) is 2. The predicted molar refractivity (Wildman–Crippen MR) is 59.7 cm³/mol. The van der Waals surface area contributed by atoms with Gasteiger partial charge in [0.15, 0.2) is 0 Å². The molecule has 0 aliphatic rings. The first-order valence-electron chi connectivity index (χ1n) is 4.28. The highest BCUT2D eigenvalue weighted by Crippen LogP contribution is 2.15.